The van der Waals surface area contributed by atoms with Crippen molar-refractivity contribution in [3.05, 3.63) is 108 Å². The van der Waals surface area contributed by atoms with Gasteiger partial charge in [-0.2, -0.15) is 0 Å². The number of rotatable bonds is 6. The van der Waals surface area contributed by atoms with Gasteiger partial charge in [0.15, 0.2) is 5.75 Å². The lowest BCUT2D eigenvalue weighted by Crippen LogP contribution is -2.11. The van der Waals surface area contributed by atoms with Crippen molar-refractivity contribution in [2.24, 2.45) is 0 Å². The fourth-order valence-electron chi connectivity index (χ4n) is 2.44. The molecule has 0 fully saturated rings. The Labute approximate surface area is 163 Å². The first-order valence-electron chi connectivity index (χ1n) is 8.79. The van der Waals surface area contributed by atoms with Crippen LogP contribution in [0, 0.1) is 0 Å². The number of para-hydroxylation sites is 2. The molecule has 1 amide bonds. The minimum Gasteiger partial charge on any atom is -0.421 e. The second-order valence-corrected chi connectivity index (χ2v) is 5.89. The van der Waals surface area contributed by atoms with E-state index in [1.165, 1.54) is 12.2 Å². The van der Waals surface area contributed by atoms with Crippen molar-refractivity contribution >= 4 is 29.7 Å². The number of esters is 1. The normalized spacial score (nSPS) is 10.9. The zero-order valence-electron chi connectivity index (χ0n) is 15.1. The van der Waals surface area contributed by atoms with E-state index >= 15 is 0 Å². The summed E-state index contributed by atoms with van der Waals surface area (Å²) >= 11 is 0. The molecule has 0 atom stereocenters. The number of nitrogens with one attached hydrogen (secondary N) is 1. The van der Waals surface area contributed by atoms with Crippen molar-refractivity contribution in [1.82, 2.24) is 0 Å². The lowest BCUT2D eigenvalue weighted by Gasteiger charge is -2.09. The highest BCUT2D eigenvalue weighted by Crippen LogP contribution is 2.24. The minimum absolute atomic E-state index is 0.284. The van der Waals surface area contributed by atoms with E-state index in [0.29, 0.717) is 5.69 Å². The first-order chi connectivity index (χ1) is 13.7. The van der Waals surface area contributed by atoms with Crippen LogP contribution in [0.15, 0.2) is 97.1 Å². The summed E-state index contributed by atoms with van der Waals surface area (Å²) < 4.78 is 5.37. The number of carbonyl (C=O) groups excluding carboxylic acids is 2. The molecule has 138 valence electrons. The molecule has 28 heavy (non-hydrogen) atoms. The number of ether oxygens (including phenoxy) is 1. The van der Waals surface area contributed by atoms with Gasteiger partial charge in [0.2, 0.25) is 5.91 Å². The largest absolute Gasteiger partial charge is 0.421 e. The molecule has 3 aromatic carbocycles. The van der Waals surface area contributed by atoms with Crippen LogP contribution in [0.25, 0.3) is 12.2 Å². The summed E-state index contributed by atoms with van der Waals surface area (Å²) in [5, 5.41) is 2.73. The van der Waals surface area contributed by atoms with Crippen molar-refractivity contribution in [1.29, 1.82) is 0 Å². The van der Waals surface area contributed by atoms with Gasteiger partial charge in [0.05, 0.1) is 5.69 Å². The highest BCUT2D eigenvalue weighted by molar-refractivity contribution is 6.03. The summed E-state index contributed by atoms with van der Waals surface area (Å²) in [6.45, 7) is 0. The fraction of sp³-hybridized carbons (Fsp3) is 0. The molecule has 0 saturated heterocycles. The number of anilines is 1. The number of carbonyl (C=O) groups is 2. The molecule has 3 rings (SSSR count). The summed E-state index contributed by atoms with van der Waals surface area (Å²) in [6.07, 6.45) is 6.17. The van der Waals surface area contributed by atoms with E-state index in [2.05, 4.69) is 5.32 Å². The maximum atomic E-state index is 12.2. The maximum Gasteiger partial charge on any atom is 0.336 e. The molecule has 0 saturated carbocycles. The summed E-state index contributed by atoms with van der Waals surface area (Å²) in [5.41, 5.74) is 2.24. The van der Waals surface area contributed by atoms with E-state index in [4.69, 9.17) is 4.74 Å². The van der Waals surface area contributed by atoms with Crippen LogP contribution < -0.4 is 10.1 Å². The van der Waals surface area contributed by atoms with Crippen LogP contribution in [0.1, 0.15) is 11.1 Å². The number of hydrogen-bond acceptors (Lipinski definition) is 3. The molecule has 1 N–H and O–H groups in total. The fourth-order valence-corrected chi connectivity index (χ4v) is 2.44. The number of amides is 1. The Hall–Kier alpha value is -3.92. The van der Waals surface area contributed by atoms with Gasteiger partial charge in [-0.15, -0.1) is 0 Å². The zero-order chi connectivity index (χ0) is 19.6. The van der Waals surface area contributed by atoms with Crippen LogP contribution >= 0.6 is 0 Å². The molecule has 0 aliphatic heterocycles. The van der Waals surface area contributed by atoms with Gasteiger partial charge >= 0.3 is 5.97 Å². The van der Waals surface area contributed by atoms with E-state index in [0.717, 1.165) is 11.1 Å². The van der Waals surface area contributed by atoms with Crippen LogP contribution in [0.5, 0.6) is 5.75 Å². The third-order valence-electron chi connectivity index (χ3n) is 3.79. The topological polar surface area (TPSA) is 55.4 Å². The number of hydrogen-bond donors (Lipinski definition) is 1. The van der Waals surface area contributed by atoms with Gasteiger partial charge in [0, 0.05) is 12.2 Å². The lowest BCUT2D eigenvalue weighted by molar-refractivity contribution is -0.128. The minimum atomic E-state index is -0.523. The molecular formula is C24H19NO3. The molecule has 0 heterocycles. The van der Waals surface area contributed by atoms with Crippen molar-refractivity contribution in [3.63, 3.8) is 0 Å². The van der Waals surface area contributed by atoms with Crippen LogP contribution in [0.2, 0.25) is 0 Å². The summed E-state index contributed by atoms with van der Waals surface area (Å²) in [4.78, 5) is 24.3. The van der Waals surface area contributed by atoms with Gasteiger partial charge in [-0.1, -0.05) is 72.8 Å². The summed E-state index contributed by atoms with van der Waals surface area (Å²) in [5.74, 6) is -0.552. The third kappa shape index (κ3) is 5.81. The monoisotopic (exact) mass is 369 g/mol. The highest BCUT2D eigenvalue weighted by atomic mass is 16.5. The molecule has 0 radical (unpaired) electrons. The first-order valence-corrected chi connectivity index (χ1v) is 8.79. The SMILES string of the molecule is O=C(/C=C\c1ccccc1)Nc1ccccc1OC(=O)/C=C/c1ccccc1. The van der Waals surface area contributed by atoms with E-state index in [9.17, 15) is 9.59 Å². The Morgan fingerprint density at radius 1 is 0.679 bits per heavy atom. The average Bonchev–Trinajstić information content (AvgIpc) is 2.74. The van der Waals surface area contributed by atoms with E-state index < -0.39 is 5.97 Å². The van der Waals surface area contributed by atoms with Gasteiger partial charge < -0.3 is 10.1 Å². The van der Waals surface area contributed by atoms with Crippen LogP contribution in [-0.2, 0) is 9.59 Å². The molecule has 0 spiro atoms. The molecule has 4 nitrogen and oxygen atoms in total. The average molecular weight is 369 g/mol. The van der Waals surface area contributed by atoms with E-state index in [1.54, 1.807) is 36.4 Å². The quantitative estimate of drug-likeness (QED) is 0.380. The predicted molar refractivity (Wildman–Crippen MR) is 112 cm³/mol. The first kappa shape index (κ1) is 18.9. The van der Waals surface area contributed by atoms with E-state index in [-0.39, 0.29) is 11.7 Å². The van der Waals surface area contributed by atoms with Crippen molar-refractivity contribution < 1.29 is 14.3 Å². The molecule has 0 aromatic heterocycles. The summed E-state index contributed by atoms with van der Waals surface area (Å²) in [7, 11) is 0. The highest BCUT2D eigenvalue weighted by Gasteiger charge is 2.08. The van der Waals surface area contributed by atoms with Gasteiger partial charge in [0.25, 0.3) is 0 Å². The Morgan fingerprint density at radius 3 is 1.86 bits per heavy atom. The smallest absolute Gasteiger partial charge is 0.336 e. The molecule has 0 bridgehead atoms. The Bertz CT molecular complexity index is 910. The number of benzene rings is 3. The maximum absolute atomic E-state index is 12.2. The Morgan fingerprint density at radius 2 is 1.21 bits per heavy atom. The van der Waals surface area contributed by atoms with Crippen LogP contribution in [-0.4, -0.2) is 11.9 Å². The summed E-state index contributed by atoms with van der Waals surface area (Å²) in [6, 6.07) is 25.8. The Kier molecular flexibility index (Phi) is 6.53. The van der Waals surface area contributed by atoms with Crippen LogP contribution in [0.3, 0.4) is 0 Å². The van der Waals surface area contributed by atoms with E-state index in [1.807, 2.05) is 60.7 Å². The second-order valence-electron chi connectivity index (χ2n) is 5.89. The molecule has 0 aliphatic carbocycles. The van der Waals surface area contributed by atoms with Gasteiger partial charge in [0.1, 0.15) is 0 Å². The zero-order valence-corrected chi connectivity index (χ0v) is 15.1. The molecular weight excluding hydrogens is 350 g/mol. The van der Waals surface area contributed by atoms with Gasteiger partial charge in [-0.05, 0) is 35.4 Å². The van der Waals surface area contributed by atoms with Crippen molar-refractivity contribution in [3.8, 4) is 5.75 Å². The molecule has 4 heteroatoms. The predicted octanol–water partition coefficient (Wildman–Crippen LogP) is 4.96. The third-order valence-corrected chi connectivity index (χ3v) is 3.79. The molecule has 0 unspecified atom stereocenters. The second kappa shape index (κ2) is 9.69. The standard InChI is InChI=1S/C24H19NO3/c26-23(17-15-19-9-3-1-4-10-19)25-21-13-7-8-14-22(21)28-24(27)18-16-20-11-5-2-6-12-20/h1-18H,(H,25,26)/b17-15-,18-16+. The Balaban J connectivity index is 1.64. The van der Waals surface area contributed by atoms with Crippen molar-refractivity contribution in [2.75, 3.05) is 5.32 Å². The van der Waals surface area contributed by atoms with Crippen LogP contribution in [0.4, 0.5) is 5.69 Å². The lowest BCUT2D eigenvalue weighted by atomic mass is 10.2. The molecule has 3 aromatic rings. The van der Waals surface area contributed by atoms with Crippen molar-refractivity contribution in [2.45, 2.75) is 0 Å². The molecule has 0 aliphatic rings. The van der Waals surface area contributed by atoms with Gasteiger partial charge in [-0.3, -0.25) is 4.79 Å². The van der Waals surface area contributed by atoms with Gasteiger partial charge in [-0.25, -0.2) is 4.79 Å².